The number of ether oxygens (including phenoxy) is 1. The van der Waals surface area contributed by atoms with Crippen LogP contribution < -0.4 is 9.64 Å². The monoisotopic (exact) mass is 396 g/mol. The molecule has 1 saturated heterocycles. The number of piperidine rings is 1. The molecule has 0 unspecified atom stereocenters. The van der Waals surface area contributed by atoms with E-state index in [9.17, 15) is 28.4 Å². The van der Waals surface area contributed by atoms with Gasteiger partial charge in [-0.05, 0) is 49.1 Å². The first-order valence-electron chi connectivity index (χ1n) is 8.66. The summed E-state index contributed by atoms with van der Waals surface area (Å²) in [7, 11) is 0. The molecule has 2 aromatic rings. The number of nitro groups is 1. The Morgan fingerprint density at radius 2 is 1.86 bits per heavy atom. The van der Waals surface area contributed by atoms with Crippen LogP contribution in [0.2, 0.25) is 0 Å². The van der Waals surface area contributed by atoms with Crippen molar-refractivity contribution in [1.82, 2.24) is 0 Å². The summed E-state index contributed by atoms with van der Waals surface area (Å²) in [4.78, 5) is 12.7. The maximum Gasteiger partial charge on any atom is 0.573 e. The van der Waals surface area contributed by atoms with Gasteiger partial charge in [0.2, 0.25) is 0 Å². The van der Waals surface area contributed by atoms with Gasteiger partial charge in [-0.15, -0.1) is 13.2 Å². The van der Waals surface area contributed by atoms with Crippen molar-refractivity contribution < 1.29 is 27.9 Å². The quantitative estimate of drug-likeness (QED) is 0.616. The zero-order valence-electron chi connectivity index (χ0n) is 15.1. The van der Waals surface area contributed by atoms with Crippen LogP contribution in [0.5, 0.6) is 5.75 Å². The topological polar surface area (TPSA) is 75.8 Å². The smallest absolute Gasteiger partial charge is 0.406 e. The molecule has 1 heterocycles. The molecule has 3 rings (SSSR count). The molecule has 1 fully saturated rings. The van der Waals surface area contributed by atoms with Crippen LogP contribution in [0.15, 0.2) is 42.5 Å². The minimum Gasteiger partial charge on any atom is -0.406 e. The lowest BCUT2D eigenvalue weighted by molar-refractivity contribution is -0.384. The second-order valence-corrected chi connectivity index (χ2v) is 6.84. The normalized spacial score (nSPS) is 16.7. The standard InChI is InChI=1S/C19H19F3N2O4/c1-13-5-6-16(17(11-13)24(26)27)23-9-7-18(25,8-10-23)14-3-2-4-15(12-14)28-19(20,21)22/h2-6,11-12,25H,7-10H2,1H3. The Labute approximate surface area is 159 Å². The molecule has 150 valence electrons. The number of rotatable bonds is 4. The van der Waals surface area contributed by atoms with Crippen molar-refractivity contribution in [2.24, 2.45) is 0 Å². The van der Waals surface area contributed by atoms with Crippen LogP contribution >= 0.6 is 0 Å². The van der Waals surface area contributed by atoms with Crippen molar-refractivity contribution in [2.75, 3.05) is 18.0 Å². The Hall–Kier alpha value is -2.81. The number of anilines is 1. The second kappa shape index (κ2) is 7.31. The first kappa shape index (κ1) is 19.9. The third-order valence-electron chi connectivity index (χ3n) is 4.86. The van der Waals surface area contributed by atoms with Gasteiger partial charge in [-0.25, -0.2) is 0 Å². The van der Waals surface area contributed by atoms with Crippen LogP contribution in [-0.4, -0.2) is 29.5 Å². The third kappa shape index (κ3) is 4.36. The number of nitrogens with zero attached hydrogens (tertiary/aromatic N) is 2. The molecule has 0 aromatic heterocycles. The van der Waals surface area contributed by atoms with Crippen LogP contribution in [0.3, 0.4) is 0 Å². The Kier molecular flexibility index (Phi) is 5.20. The molecule has 1 aliphatic heterocycles. The number of alkyl halides is 3. The lowest BCUT2D eigenvalue weighted by Gasteiger charge is -2.39. The molecule has 0 aliphatic carbocycles. The van der Waals surface area contributed by atoms with E-state index in [1.807, 2.05) is 4.90 Å². The van der Waals surface area contributed by atoms with E-state index in [1.54, 1.807) is 25.1 Å². The van der Waals surface area contributed by atoms with Crippen LogP contribution in [0.25, 0.3) is 0 Å². The summed E-state index contributed by atoms with van der Waals surface area (Å²) < 4.78 is 41.2. The molecular weight excluding hydrogens is 377 g/mol. The first-order valence-corrected chi connectivity index (χ1v) is 8.66. The molecule has 9 heteroatoms. The number of benzene rings is 2. The summed E-state index contributed by atoms with van der Waals surface area (Å²) in [6, 6.07) is 10.2. The Balaban J connectivity index is 1.78. The predicted octanol–water partition coefficient (Wildman–Crippen LogP) is 4.29. The molecular formula is C19H19F3N2O4. The highest BCUT2D eigenvalue weighted by Gasteiger charge is 2.37. The van der Waals surface area contributed by atoms with E-state index in [4.69, 9.17) is 0 Å². The van der Waals surface area contributed by atoms with Crippen LogP contribution in [-0.2, 0) is 5.60 Å². The predicted molar refractivity (Wildman–Crippen MR) is 96.3 cm³/mol. The molecule has 1 aliphatic rings. The van der Waals surface area contributed by atoms with Crippen molar-refractivity contribution in [1.29, 1.82) is 0 Å². The highest BCUT2D eigenvalue weighted by molar-refractivity contribution is 5.64. The molecule has 0 atom stereocenters. The molecule has 2 aromatic carbocycles. The fourth-order valence-corrected chi connectivity index (χ4v) is 3.44. The van der Waals surface area contributed by atoms with E-state index in [-0.39, 0.29) is 18.5 Å². The van der Waals surface area contributed by atoms with Crippen LogP contribution in [0, 0.1) is 17.0 Å². The fourth-order valence-electron chi connectivity index (χ4n) is 3.44. The van der Waals surface area contributed by atoms with Gasteiger partial charge in [-0.3, -0.25) is 10.1 Å². The molecule has 0 spiro atoms. The van der Waals surface area contributed by atoms with E-state index >= 15 is 0 Å². The number of aryl methyl sites for hydroxylation is 1. The molecule has 0 saturated carbocycles. The molecule has 28 heavy (non-hydrogen) atoms. The van der Waals surface area contributed by atoms with Crippen molar-refractivity contribution >= 4 is 11.4 Å². The number of hydrogen-bond acceptors (Lipinski definition) is 5. The van der Waals surface area contributed by atoms with E-state index in [1.165, 1.54) is 24.3 Å². The van der Waals surface area contributed by atoms with Crippen molar-refractivity contribution in [3.8, 4) is 5.75 Å². The largest absolute Gasteiger partial charge is 0.573 e. The van der Waals surface area contributed by atoms with Gasteiger partial charge in [0.1, 0.15) is 11.4 Å². The summed E-state index contributed by atoms with van der Waals surface area (Å²) >= 11 is 0. The molecule has 0 radical (unpaired) electrons. The van der Waals surface area contributed by atoms with Gasteiger partial charge in [0.05, 0.1) is 10.5 Å². The zero-order valence-corrected chi connectivity index (χ0v) is 15.1. The van der Waals surface area contributed by atoms with Gasteiger partial charge in [0, 0.05) is 19.2 Å². The van der Waals surface area contributed by atoms with E-state index in [0.717, 1.165) is 5.56 Å². The maximum absolute atomic E-state index is 12.4. The van der Waals surface area contributed by atoms with E-state index in [0.29, 0.717) is 24.3 Å². The van der Waals surface area contributed by atoms with Gasteiger partial charge >= 0.3 is 6.36 Å². The Bertz CT molecular complexity index is 878. The Morgan fingerprint density at radius 3 is 2.46 bits per heavy atom. The number of halogens is 3. The van der Waals surface area contributed by atoms with Gasteiger partial charge in [-0.1, -0.05) is 18.2 Å². The van der Waals surface area contributed by atoms with Gasteiger partial charge in [0.25, 0.3) is 5.69 Å². The SMILES string of the molecule is Cc1ccc(N2CCC(O)(c3cccc(OC(F)(F)F)c3)CC2)c([N+](=O)[O-])c1. The number of aliphatic hydroxyl groups is 1. The van der Waals surface area contributed by atoms with Gasteiger partial charge in [0.15, 0.2) is 0 Å². The summed E-state index contributed by atoms with van der Waals surface area (Å²) in [6.45, 7) is 2.41. The fraction of sp³-hybridized carbons (Fsp3) is 0.368. The second-order valence-electron chi connectivity index (χ2n) is 6.84. The Morgan fingerprint density at radius 1 is 1.18 bits per heavy atom. The molecule has 0 bridgehead atoms. The van der Waals surface area contributed by atoms with Crippen LogP contribution in [0.1, 0.15) is 24.0 Å². The highest BCUT2D eigenvalue weighted by atomic mass is 19.4. The molecule has 0 amide bonds. The summed E-state index contributed by atoms with van der Waals surface area (Å²) in [5, 5.41) is 22.3. The summed E-state index contributed by atoms with van der Waals surface area (Å²) in [5.41, 5.74) is 0.219. The number of nitro benzene ring substituents is 1. The van der Waals surface area contributed by atoms with Crippen LogP contribution in [0.4, 0.5) is 24.5 Å². The number of hydrogen-bond donors (Lipinski definition) is 1. The maximum atomic E-state index is 12.4. The van der Waals surface area contributed by atoms with Gasteiger partial charge in [-0.2, -0.15) is 0 Å². The summed E-state index contributed by atoms with van der Waals surface area (Å²) in [5.74, 6) is -0.393. The van der Waals surface area contributed by atoms with Gasteiger partial charge < -0.3 is 14.7 Å². The average molecular weight is 396 g/mol. The highest BCUT2D eigenvalue weighted by Crippen LogP contribution is 2.38. The average Bonchev–Trinajstić information content (AvgIpc) is 2.61. The molecule has 6 nitrogen and oxygen atoms in total. The lowest BCUT2D eigenvalue weighted by Crippen LogP contribution is -2.42. The van der Waals surface area contributed by atoms with E-state index in [2.05, 4.69) is 4.74 Å². The summed E-state index contributed by atoms with van der Waals surface area (Å²) in [6.07, 6.45) is -4.38. The third-order valence-corrected chi connectivity index (χ3v) is 4.86. The van der Waals surface area contributed by atoms with E-state index < -0.39 is 22.6 Å². The minimum absolute atomic E-state index is 0.00832. The molecule has 1 N–H and O–H groups in total. The minimum atomic E-state index is -4.81. The first-order chi connectivity index (χ1) is 13.1. The van der Waals surface area contributed by atoms with Crippen molar-refractivity contribution in [2.45, 2.75) is 31.7 Å². The zero-order chi connectivity index (χ0) is 20.5. The van der Waals surface area contributed by atoms with Crippen molar-refractivity contribution in [3.63, 3.8) is 0 Å². The lowest BCUT2D eigenvalue weighted by atomic mass is 9.84. The van der Waals surface area contributed by atoms with Crippen molar-refractivity contribution in [3.05, 3.63) is 63.7 Å².